The normalized spacial score (nSPS) is 10.8. The van der Waals surface area contributed by atoms with Crippen LogP contribution in [-0.4, -0.2) is 33.3 Å². The lowest BCUT2D eigenvalue weighted by atomic mass is 9.96. The van der Waals surface area contributed by atoms with Crippen LogP contribution in [0, 0.1) is 6.92 Å². The van der Waals surface area contributed by atoms with E-state index in [4.69, 9.17) is 16.3 Å². The number of rotatable bonds is 6. The molecule has 0 saturated carbocycles. The quantitative estimate of drug-likeness (QED) is 0.285. The fourth-order valence-electron chi connectivity index (χ4n) is 3.97. The van der Waals surface area contributed by atoms with E-state index in [0.717, 1.165) is 33.5 Å². The van der Waals surface area contributed by atoms with Crippen molar-refractivity contribution in [1.29, 1.82) is 0 Å². The molecule has 0 aliphatic carbocycles. The maximum absolute atomic E-state index is 11.2. The standard InChI is InChI=1S/C27H20ClN5O2/c1-16-18(5-4-8-21(16)32-26-25-23(11-12-31-26)29-13-14-30-25)19-6-3-7-20(24(19)28)22-10-9-17(15-34)27(33-22)35-2/h3-15H,1-2H3,(H,31,32). The molecule has 0 saturated heterocycles. The molecule has 0 bridgehead atoms. The minimum Gasteiger partial charge on any atom is -0.480 e. The maximum atomic E-state index is 11.2. The molecular formula is C27H20ClN5O2. The molecule has 0 aliphatic rings. The average molecular weight is 482 g/mol. The molecule has 0 unspecified atom stereocenters. The molecule has 35 heavy (non-hydrogen) atoms. The Bertz CT molecular complexity index is 1570. The summed E-state index contributed by atoms with van der Waals surface area (Å²) < 4.78 is 5.27. The second kappa shape index (κ2) is 9.48. The minimum absolute atomic E-state index is 0.257. The van der Waals surface area contributed by atoms with E-state index in [1.54, 1.807) is 30.7 Å². The molecule has 172 valence electrons. The average Bonchev–Trinajstić information content (AvgIpc) is 2.90. The molecule has 0 radical (unpaired) electrons. The van der Waals surface area contributed by atoms with Gasteiger partial charge in [0, 0.05) is 35.4 Å². The van der Waals surface area contributed by atoms with Crippen molar-refractivity contribution in [3.05, 3.63) is 89.3 Å². The summed E-state index contributed by atoms with van der Waals surface area (Å²) in [5.41, 5.74) is 6.89. The Morgan fingerprint density at radius 3 is 2.49 bits per heavy atom. The van der Waals surface area contributed by atoms with Crippen LogP contribution < -0.4 is 10.1 Å². The lowest BCUT2D eigenvalue weighted by Crippen LogP contribution is -2.00. The summed E-state index contributed by atoms with van der Waals surface area (Å²) in [4.78, 5) is 29.0. The molecule has 7 nitrogen and oxygen atoms in total. The highest BCUT2D eigenvalue weighted by molar-refractivity contribution is 6.36. The topological polar surface area (TPSA) is 89.9 Å². The van der Waals surface area contributed by atoms with Crippen LogP contribution >= 0.6 is 11.6 Å². The third kappa shape index (κ3) is 4.18. The fourth-order valence-corrected chi connectivity index (χ4v) is 4.30. The second-order valence-electron chi connectivity index (χ2n) is 7.77. The van der Waals surface area contributed by atoms with Crippen molar-refractivity contribution >= 4 is 40.4 Å². The van der Waals surface area contributed by atoms with Gasteiger partial charge in [0.25, 0.3) is 0 Å². The monoisotopic (exact) mass is 481 g/mol. The van der Waals surface area contributed by atoms with Gasteiger partial charge in [-0.3, -0.25) is 9.78 Å². The van der Waals surface area contributed by atoms with Crippen LogP contribution in [0.25, 0.3) is 33.4 Å². The number of fused-ring (bicyclic) bond motifs is 1. The first-order valence-corrected chi connectivity index (χ1v) is 11.2. The first kappa shape index (κ1) is 22.4. The van der Waals surface area contributed by atoms with Gasteiger partial charge in [0.2, 0.25) is 5.88 Å². The van der Waals surface area contributed by atoms with Gasteiger partial charge in [-0.2, -0.15) is 0 Å². The zero-order valence-corrected chi connectivity index (χ0v) is 19.7. The minimum atomic E-state index is 0.257. The molecule has 0 spiro atoms. The molecule has 5 aromatic rings. The summed E-state index contributed by atoms with van der Waals surface area (Å²) in [6, 6.07) is 17.0. The molecule has 0 amide bonds. The number of nitrogens with zero attached hydrogens (tertiary/aromatic N) is 4. The van der Waals surface area contributed by atoms with Gasteiger partial charge in [0.15, 0.2) is 12.1 Å². The second-order valence-corrected chi connectivity index (χ2v) is 8.14. The number of anilines is 2. The van der Waals surface area contributed by atoms with Gasteiger partial charge >= 0.3 is 0 Å². The smallest absolute Gasteiger partial charge is 0.224 e. The Kier molecular flexibility index (Phi) is 6.08. The number of carbonyl (C=O) groups is 1. The Hall–Kier alpha value is -4.36. The van der Waals surface area contributed by atoms with Gasteiger partial charge in [0.1, 0.15) is 5.52 Å². The van der Waals surface area contributed by atoms with Crippen LogP contribution in [0.1, 0.15) is 15.9 Å². The Balaban J connectivity index is 1.57. The Morgan fingerprint density at radius 2 is 1.66 bits per heavy atom. The van der Waals surface area contributed by atoms with Gasteiger partial charge in [-0.25, -0.2) is 15.0 Å². The van der Waals surface area contributed by atoms with Crippen LogP contribution in [0.2, 0.25) is 5.02 Å². The summed E-state index contributed by atoms with van der Waals surface area (Å²) in [6.45, 7) is 2.03. The predicted molar refractivity (Wildman–Crippen MR) is 137 cm³/mol. The highest BCUT2D eigenvalue weighted by Gasteiger charge is 2.16. The lowest BCUT2D eigenvalue weighted by Gasteiger charge is -2.16. The van der Waals surface area contributed by atoms with Gasteiger partial charge in [-0.05, 0) is 42.3 Å². The van der Waals surface area contributed by atoms with Crippen LogP contribution in [0.5, 0.6) is 5.88 Å². The van der Waals surface area contributed by atoms with E-state index in [1.165, 1.54) is 7.11 Å². The zero-order valence-electron chi connectivity index (χ0n) is 19.0. The Labute approximate surface area is 206 Å². The van der Waals surface area contributed by atoms with Crippen molar-refractivity contribution in [2.45, 2.75) is 6.92 Å². The van der Waals surface area contributed by atoms with Crippen molar-refractivity contribution in [1.82, 2.24) is 19.9 Å². The third-order valence-corrected chi connectivity index (χ3v) is 6.16. The molecule has 0 fully saturated rings. The zero-order chi connectivity index (χ0) is 24.4. The van der Waals surface area contributed by atoms with Gasteiger partial charge in [0.05, 0.1) is 28.9 Å². The SMILES string of the molecule is COc1nc(-c2cccc(-c3cccc(Nc4nccc5nccnc45)c3C)c2Cl)ccc1C=O. The molecule has 5 rings (SSSR count). The van der Waals surface area contributed by atoms with Crippen LogP contribution in [0.15, 0.2) is 73.2 Å². The van der Waals surface area contributed by atoms with Crippen molar-refractivity contribution in [3.8, 4) is 28.3 Å². The molecule has 8 heteroatoms. The van der Waals surface area contributed by atoms with Gasteiger partial charge in [-0.1, -0.05) is 41.9 Å². The Morgan fingerprint density at radius 1 is 0.886 bits per heavy atom. The number of aromatic nitrogens is 4. The molecule has 3 aromatic heterocycles. The van der Waals surface area contributed by atoms with Crippen LogP contribution in [0.3, 0.4) is 0 Å². The van der Waals surface area contributed by atoms with E-state index in [0.29, 0.717) is 33.9 Å². The van der Waals surface area contributed by atoms with Crippen LogP contribution in [-0.2, 0) is 0 Å². The largest absolute Gasteiger partial charge is 0.480 e. The number of nitrogens with one attached hydrogen (secondary N) is 1. The summed E-state index contributed by atoms with van der Waals surface area (Å²) in [6.07, 6.45) is 5.72. The van der Waals surface area contributed by atoms with E-state index in [2.05, 4.69) is 25.3 Å². The highest BCUT2D eigenvalue weighted by atomic mass is 35.5. The first-order valence-electron chi connectivity index (χ1n) is 10.8. The number of ether oxygens (including phenoxy) is 1. The molecular weight excluding hydrogens is 462 g/mol. The van der Waals surface area contributed by atoms with Crippen molar-refractivity contribution in [2.75, 3.05) is 12.4 Å². The van der Waals surface area contributed by atoms with Crippen molar-refractivity contribution in [3.63, 3.8) is 0 Å². The van der Waals surface area contributed by atoms with E-state index in [9.17, 15) is 4.79 Å². The number of hydrogen-bond donors (Lipinski definition) is 1. The molecule has 2 aromatic carbocycles. The summed E-state index contributed by atoms with van der Waals surface area (Å²) in [5, 5.41) is 3.95. The van der Waals surface area contributed by atoms with Crippen LogP contribution in [0.4, 0.5) is 11.5 Å². The molecule has 3 heterocycles. The number of hydrogen-bond acceptors (Lipinski definition) is 7. The number of halogens is 1. The fraction of sp³-hybridized carbons (Fsp3) is 0.0741. The van der Waals surface area contributed by atoms with Crippen molar-refractivity contribution in [2.24, 2.45) is 0 Å². The molecule has 0 aliphatic heterocycles. The van der Waals surface area contributed by atoms with E-state index < -0.39 is 0 Å². The number of benzene rings is 2. The van der Waals surface area contributed by atoms with E-state index in [-0.39, 0.29) is 5.88 Å². The van der Waals surface area contributed by atoms with Crippen molar-refractivity contribution < 1.29 is 9.53 Å². The van der Waals surface area contributed by atoms with E-state index >= 15 is 0 Å². The van der Waals surface area contributed by atoms with Gasteiger partial charge in [-0.15, -0.1) is 0 Å². The third-order valence-electron chi connectivity index (χ3n) is 5.75. The van der Waals surface area contributed by atoms with E-state index in [1.807, 2.05) is 49.4 Å². The number of pyridine rings is 2. The molecule has 0 atom stereocenters. The summed E-state index contributed by atoms with van der Waals surface area (Å²) in [7, 11) is 1.48. The summed E-state index contributed by atoms with van der Waals surface area (Å²) >= 11 is 6.91. The summed E-state index contributed by atoms with van der Waals surface area (Å²) in [5.74, 6) is 0.884. The molecule has 1 N–H and O–H groups in total. The highest BCUT2D eigenvalue weighted by Crippen LogP contribution is 2.39. The number of aldehydes is 1. The first-order chi connectivity index (χ1) is 17.1. The lowest BCUT2D eigenvalue weighted by molar-refractivity contribution is 0.112. The maximum Gasteiger partial charge on any atom is 0.224 e. The predicted octanol–water partition coefficient (Wildman–Crippen LogP) is 6.28. The number of carbonyl (C=O) groups excluding carboxylic acids is 1. The van der Waals surface area contributed by atoms with Gasteiger partial charge < -0.3 is 10.1 Å². The number of methoxy groups -OCH3 is 1.